The minimum Gasteiger partial charge on any atom is -0.458 e. The second-order valence-corrected chi connectivity index (χ2v) is 11.0. The molecule has 0 saturated heterocycles. The van der Waals surface area contributed by atoms with Gasteiger partial charge in [-0.15, -0.1) is 0 Å². The van der Waals surface area contributed by atoms with Crippen LogP contribution < -0.4 is 0 Å². The normalized spacial score (nSPS) is 42.8. The van der Waals surface area contributed by atoms with Crippen LogP contribution >= 0.6 is 0 Å². The van der Waals surface area contributed by atoms with Crippen molar-refractivity contribution in [3.05, 3.63) is 23.3 Å². The number of rotatable bonds is 3. The Morgan fingerprint density at radius 1 is 1.03 bits per heavy atom. The minimum absolute atomic E-state index is 0.0691. The lowest BCUT2D eigenvalue weighted by Gasteiger charge is -2.57. The number of esters is 1. The second-order valence-electron chi connectivity index (χ2n) is 11.0. The molecule has 0 aromatic rings. The molecule has 0 spiro atoms. The molecule has 0 aromatic heterocycles. The Balaban J connectivity index is 1.39. The highest BCUT2D eigenvalue weighted by Crippen LogP contribution is 2.65. The zero-order chi connectivity index (χ0) is 21.3. The van der Waals surface area contributed by atoms with Crippen LogP contribution in [0.2, 0.25) is 0 Å². The lowest BCUT2D eigenvalue weighted by atomic mass is 9.46. The standard InChI is InChI=1S/C26H34O4/c1-15(27)19-7-8-20-18-14-23(28)22-13-17(30-24(29)16-5-4-6-16)9-11-26(22,3)21(18)10-12-25(19,20)2/h7,13,16-18,20-21H,4-6,8-12,14H2,1-3H3/t17-,18-,20-,21-,25+,26+/m0/s1. The highest BCUT2D eigenvalue weighted by atomic mass is 16.5. The third kappa shape index (κ3) is 2.81. The average Bonchev–Trinajstić information content (AvgIpc) is 2.99. The van der Waals surface area contributed by atoms with E-state index in [1.54, 1.807) is 6.92 Å². The highest BCUT2D eigenvalue weighted by molar-refractivity contribution is 5.98. The summed E-state index contributed by atoms with van der Waals surface area (Å²) in [6.07, 6.45) is 12.2. The molecule has 0 radical (unpaired) electrons. The molecule has 5 aliphatic carbocycles. The number of ether oxygens (including phenoxy) is 1. The zero-order valence-electron chi connectivity index (χ0n) is 18.5. The maximum Gasteiger partial charge on any atom is 0.309 e. The van der Waals surface area contributed by atoms with Crippen LogP contribution in [0.3, 0.4) is 0 Å². The van der Waals surface area contributed by atoms with Crippen molar-refractivity contribution in [2.45, 2.75) is 84.7 Å². The number of carbonyl (C=O) groups excluding carboxylic acids is 3. The van der Waals surface area contributed by atoms with Crippen molar-refractivity contribution in [1.82, 2.24) is 0 Å². The number of hydrogen-bond donors (Lipinski definition) is 0. The molecule has 0 heterocycles. The summed E-state index contributed by atoms with van der Waals surface area (Å²) in [6.45, 7) is 6.21. The molecule has 5 aliphatic rings. The fraction of sp³-hybridized carbons (Fsp3) is 0.731. The molecule has 0 aliphatic heterocycles. The molecular formula is C26H34O4. The van der Waals surface area contributed by atoms with E-state index in [0.29, 0.717) is 24.2 Å². The van der Waals surface area contributed by atoms with Crippen molar-refractivity contribution in [2.24, 2.45) is 34.5 Å². The highest BCUT2D eigenvalue weighted by Gasteiger charge is 2.59. The lowest BCUT2D eigenvalue weighted by Crippen LogP contribution is -2.53. The summed E-state index contributed by atoms with van der Waals surface area (Å²) in [4.78, 5) is 37.9. The van der Waals surface area contributed by atoms with Crippen LogP contribution in [0.1, 0.15) is 78.6 Å². The first-order chi connectivity index (χ1) is 14.2. The summed E-state index contributed by atoms with van der Waals surface area (Å²) in [7, 11) is 0. The summed E-state index contributed by atoms with van der Waals surface area (Å²) >= 11 is 0. The molecule has 162 valence electrons. The zero-order valence-corrected chi connectivity index (χ0v) is 18.5. The molecule has 3 saturated carbocycles. The third-order valence-corrected chi connectivity index (χ3v) is 9.56. The maximum atomic E-state index is 13.3. The molecule has 4 heteroatoms. The van der Waals surface area contributed by atoms with Crippen molar-refractivity contribution in [1.29, 1.82) is 0 Å². The molecule has 30 heavy (non-hydrogen) atoms. The van der Waals surface area contributed by atoms with Gasteiger partial charge in [0.2, 0.25) is 0 Å². The summed E-state index contributed by atoms with van der Waals surface area (Å²) < 4.78 is 5.79. The predicted octanol–water partition coefficient (Wildman–Crippen LogP) is 4.97. The van der Waals surface area contributed by atoms with Crippen molar-refractivity contribution in [2.75, 3.05) is 0 Å². The fourth-order valence-electron chi connectivity index (χ4n) is 7.62. The number of allylic oxidation sites excluding steroid dienone is 3. The van der Waals surface area contributed by atoms with E-state index in [0.717, 1.165) is 62.5 Å². The van der Waals surface area contributed by atoms with Crippen LogP contribution in [0, 0.1) is 34.5 Å². The molecule has 0 amide bonds. The van der Waals surface area contributed by atoms with E-state index >= 15 is 0 Å². The first-order valence-corrected chi connectivity index (χ1v) is 11.9. The largest absolute Gasteiger partial charge is 0.458 e. The second kappa shape index (κ2) is 6.90. The van der Waals surface area contributed by atoms with Gasteiger partial charge < -0.3 is 4.74 Å². The van der Waals surface area contributed by atoms with Crippen LogP contribution in [0.4, 0.5) is 0 Å². The van der Waals surface area contributed by atoms with Gasteiger partial charge in [-0.2, -0.15) is 0 Å². The van der Waals surface area contributed by atoms with Crippen LogP contribution in [0.15, 0.2) is 23.3 Å². The minimum atomic E-state index is -0.243. The van der Waals surface area contributed by atoms with E-state index in [9.17, 15) is 14.4 Å². The lowest BCUT2D eigenvalue weighted by molar-refractivity contribution is -0.156. The molecule has 6 atom stereocenters. The molecule has 0 aromatic carbocycles. The van der Waals surface area contributed by atoms with Crippen LogP contribution in [-0.4, -0.2) is 23.6 Å². The van der Waals surface area contributed by atoms with Crippen molar-refractivity contribution in [3.8, 4) is 0 Å². The summed E-state index contributed by atoms with van der Waals surface area (Å²) in [5, 5.41) is 0. The first-order valence-electron chi connectivity index (χ1n) is 11.9. The van der Waals surface area contributed by atoms with Crippen LogP contribution in [-0.2, 0) is 19.1 Å². The Kier molecular flexibility index (Phi) is 4.65. The fourth-order valence-corrected chi connectivity index (χ4v) is 7.62. The Labute approximate surface area is 179 Å². The number of Topliss-reactive ketones (excluding diaryl/α,β-unsaturated/α-hetero) is 2. The van der Waals surface area contributed by atoms with Crippen molar-refractivity contribution < 1.29 is 19.1 Å². The van der Waals surface area contributed by atoms with Gasteiger partial charge in [0.25, 0.3) is 0 Å². The smallest absolute Gasteiger partial charge is 0.309 e. The molecule has 5 rings (SSSR count). The van der Waals surface area contributed by atoms with Gasteiger partial charge in [0.15, 0.2) is 11.6 Å². The number of hydrogen-bond acceptors (Lipinski definition) is 4. The number of ketones is 2. The van der Waals surface area contributed by atoms with E-state index < -0.39 is 0 Å². The molecule has 0 bridgehead atoms. The Morgan fingerprint density at radius 3 is 2.43 bits per heavy atom. The van der Waals surface area contributed by atoms with Gasteiger partial charge >= 0.3 is 5.97 Å². The quantitative estimate of drug-likeness (QED) is 0.617. The maximum absolute atomic E-state index is 13.3. The summed E-state index contributed by atoms with van der Waals surface area (Å²) in [6, 6.07) is 0. The Hall–Kier alpha value is -1.71. The molecular weight excluding hydrogens is 376 g/mol. The van der Waals surface area contributed by atoms with E-state index in [2.05, 4.69) is 19.9 Å². The van der Waals surface area contributed by atoms with Gasteiger partial charge in [-0.1, -0.05) is 26.3 Å². The predicted molar refractivity (Wildman–Crippen MR) is 113 cm³/mol. The van der Waals surface area contributed by atoms with Crippen LogP contribution in [0.25, 0.3) is 0 Å². The third-order valence-electron chi connectivity index (χ3n) is 9.56. The molecule has 4 nitrogen and oxygen atoms in total. The van der Waals surface area contributed by atoms with Gasteiger partial charge in [0.05, 0.1) is 5.92 Å². The monoisotopic (exact) mass is 410 g/mol. The van der Waals surface area contributed by atoms with Crippen LogP contribution in [0.5, 0.6) is 0 Å². The first kappa shape index (κ1) is 20.2. The van der Waals surface area contributed by atoms with E-state index in [1.165, 1.54) is 0 Å². The molecule has 0 unspecified atom stereocenters. The molecule has 0 N–H and O–H groups in total. The Bertz CT molecular complexity index is 862. The van der Waals surface area contributed by atoms with Gasteiger partial charge in [-0.25, -0.2) is 0 Å². The van der Waals surface area contributed by atoms with Crippen molar-refractivity contribution in [3.63, 3.8) is 0 Å². The van der Waals surface area contributed by atoms with Gasteiger partial charge in [-0.3, -0.25) is 14.4 Å². The summed E-state index contributed by atoms with van der Waals surface area (Å²) in [5.74, 6) is 1.65. The summed E-state index contributed by atoms with van der Waals surface area (Å²) in [5.41, 5.74) is 1.72. The van der Waals surface area contributed by atoms with Gasteiger partial charge in [0.1, 0.15) is 6.10 Å². The molecule has 3 fully saturated rings. The van der Waals surface area contributed by atoms with E-state index in [4.69, 9.17) is 4.74 Å². The Morgan fingerprint density at radius 2 is 1.77 bits per heavy atom. The number of fused-ring (bicyclic) bond motifs is 5. The SMILES string of the molecule is CC(=O)C1=CC[C@H]2[C@@H]3CC(=O)C4=C[C@@H](OC(=O)C5CCC5)CC[C@]4(C)[C@H]3CC[C@]12C. The van der Waals surface area contributed by atoms with Crippen molar-refractivity contribution >= 4 is 17.5 Å². The van der Waals surface area contributed by atoms with Gasteiger partial charge in [0, 0.05) is 12.0 Å². The topological polar surface area (TPSA) is 60.4 Å². The van der Waals surface area contributed by atoms with E-state index in [-0.39, 0.29) is 40.4 Å². The van der Waals surface area contributed by atoms with Gasteiger partial charge in [-0.05, 0) is 92.1 Å². The van der Waals surface area contributed by atoms with E-state index in [1.807, 2.05) is 6.08 Å². The average molecular weight is 411 g/mol. The number of carbonyl (C=O) groups is 3.